The lowest BCUT2D eigenvalue weighted by Crippen LogP contribution is -2.26. The number of thioether (sulfide) groups is 1. The lowest BCUT2D eigenvalue weighted by Gasteiger charge is -2.16. The van der Waals surface area contributed by atoms with Crippen LogP contribution in [0.5, 0.6) is 0 Å². The van der Waals surface area contributed by atoms with Crippen molar-refractivity contribution in [3.8, 4) is 0 Å². The molecule has 2 heterocycles. The van der Waals surface area contributed by atoms with Crippen LogP contribution >= 0.6 is 81.4 Å². The van der Waals surface area contributed by atoms with E-state index >= 15 is 0 Å². The van der Waals surface area contributed by atoms with E-state index in [2.05, 4.69) is 28.4 Å². The topological polar surface area (TPSA) is 108 Å². The second-order valence-electron chi connectivity index (χ2n) is 9.22. The van der Waals surface area contributed by atoms with E-state index in [1.165, 1.54) is 36.4 Å². The summed E-state index contributed by atoms with van der Waals surface area (Å²) in [7, 11) is 0. The van der Waals surface area contributed by atoms with Crippen LogP contribution in [0.25, 0.3) is 0 Å². The zero-order chi connectivity index (χ0) is 38.1. The average Bonchev–Trinajstić information content (AvgIpc) is 3.01. The molecule has 0 aliphatic rings. The van der Waals surface area contributed by atoms with Crippen LogP contribution in [0.3, 0.4) is 0 Å². The molecule has 2 aromatic heterocycles. The number of nitrogens with one attached hydrogen (secondary N) is 1. The van der Waals surface area contributed by atoms with Crippen LogP contribution < -0.4 is 22.2 Å². The predicted molar refractivity (Wildman–Crippen MR) is 190 cm³/mol. The quantitative estimate of drug-likeness (QED) is 0.0476. The Morgan fingerprint density at radius 2 is 1.16 bits per heavy atom. The highest BCUT2D eigenvalue weighted by atomic mass is 35.5. The van der Waals surface area contributed by atoms with Crippen LogP contribution in [0.4, 0.5) is 43.7 Å². The second-order valence-corrected chi connectivity index (χ2v) is 12.4. The Balaban J connectivity index is 0.000000286. The first kappa shape index (κ1) is 43.1. The molecule has 8 nitrogen and oxygen atoms in total. The Kier molecular flexibility index (Phi) is 15.9. The van der Waals surface area contributed by atoms with Crippen LogP contribution in [-0.4, -0.2) is 25.4 Å². The standard InChI is InChI=1S/C14H9Cl3F3N3O.C9H9F3N2OS.C6H4Cl3N/c1-2-3-23-12(24)6-11(14(18,19)20)22-13(23)21-10-5-8(16)7(15)4-9(10)17;1-3-4-14-7(15)5-6(9(10,11)12)13-8(14)16-2;7-3-1-5(9)6(10)2-4(3)8/h2,4-6H,1,3H2,(H,21,22);3,5H,1,4H2,2H3;1-2H,10H2. The molecule has 0 atom stereocenters. The summed E-state index contributed by atoms with van der Waals surface area (Å²) in [5.74, 6) is -0.352. The van der Waals surface area contributed by atoms with Crippen LogP contribution in [-0.2, 0) is 25.4 Å². The maximum atomic E-state index is 12.9. The average molecular weight is 845 g/mol. The van der Waals surface area contributed by atoms with Gasteiger partial charge in [-0.15, -0.1) is 13.2 Å². The highest BCUT2D eigenvalue weighted by molar-refractivity contribution is 7.98. The first-order valence-electron chi connectivity index (χ1n) is 13.1. The van der Waals surface area contributed by atoms with Gasteiger partial charge in [-0.25, -0.2) is 9.97 Å². The molecule has 0 aliphatic heterocycles. The van der Waals surface area contributed by atoms with E-state index in [0.717, 1.165) is 20.9 Å². The Labute approximate surface area is 314 Å². The van der Waals surface area contributed by atoms with Gasteiger partial charge in [0.2, 0.25) is 5.95 Å². The molecule has 0 unspecified atom stereocenters. The Morgan fingerprint density at radius 3 is 1.64 bits per heavy atom. The number of aromatic nitrogens is 4. The number of benzene rings is 2. The summed E-state index contributed by atoms with van der Waals surface area (Å²) in [4.78, 5) is 30.2. The van der Waals surface area contributed by atoms with Crippen LogP contribution in [0.15, 0.2) is 76.5 Å². The molecule has 0 amide bonds. The number of nitrogens with two attached hydrogens (primary N) is 1. The van der Waals surface area contributed by atoms with E-state index in [0.29, 0.717) is 32.9 Å². The number of rotatable bonds is 7. The summed E-state index contributed by atoms with van der Waals surface area (Å²) in [5, 5.41) is 4.27. The minimum atomic E-state index is -4.77. The van der Waals surface area contributed by atoms with Crippen molar-refractivity contribution in [2.45, 2.75) is 30.6 Å². The molecule has 0 saturated carbocycles. The first-order valence-corrected chi connectivity index (χ1v) is 16.6. The second kappa shape index (κ2) is 18.4. The molecule has 270 valence electrons. The number of anilines is 3. The predicted octanol–water partition coefficient (Wildman–Crippen LogP) is 10.6. The van der Waals surface area contributed by atoms with Crippen LogP contribution in [0.2, 0.25) is 30.1 Å². The fourth-order valence-corrected chi connectivity index (χ4v) is 5.14. The maximum absolute atomic E-state index is 12.9. The van der Waals surface area contributed by atoms with E-state index in [1.54, 1.807) is 6.26 Å². The normalized spacial score (nSPS) is 11.1. The highest BCUT2D eigenvalue weighted by Gasteiger charge is 2.35. The van der Waals surface area contributed by atoms with E-state index in [9.17, 15) is 35.9 Å². The van der Waals surface area contributed by atoms with Crippen molar-refractivity contribution in [1.29, 1.82) is 0 Å². The third-order valence-electron chi connectivity index (χ3n) is 5.66. The van der Waals surface area contributed by atoms with Crippen molar-refractivity contribution < 1.29 is 26.3 Å². The summed E-state index contributed by atoms with van der Waals surface area (Å²) in [6.07, 6.45) is -5.04. The van der Waals surface area contributed by atoms with E-state index in [4.69, 9.17) is 75.3 Å². The smallest absolute Gasteiger partial charge is 0.397 e. The van der Waals surface area contributed by atoms with Gasteiger partial charge >= 0.3 is 12.4 Å². The van der Waals surface area contributed by atoms with Gasteiger partial charge in [-0.3, -0.25) is 18.7 Å². The summed E-state index contributed by atoms with van der Waals surface area (Å²) in [5.41, 5.74) is 1.89. The van der Waals surface area contributed by atoms with Gasteiger partial charge in [0.15, 0.2) is 16.5 Å². The molecule has 0 fully saturated rings. The van der Waals surface area contributed by atoms with E-state index in [-0.39, 0.29) is 44.9 Å². The number of halogens is 12. The SMILES string of the molecule is C=CCn1c(Nc2cc(Cl)c(Cl)cc2Cl)nc(C(F)(F)F)cc1=O.C=CCn1c(SC)nc(C(F)(F)F)cc1=O.Nc1cc(Cl)c(Cl)cc1Cl. The number of hydrogen-bond donors (Lipinski definition) is 2. The number of alkyl halides is 6. The number of hydrogen-bond acceptors (Lipinski definition) is 7. The number of nitrogens with zero attached hydrogens (tertiary/aromatic N) is 4. The molecular formula is C29H22Cl6F6N6O2S. The van der Waals surface area contributed by atoms with Crippen LogP contribution in [0, 0.1) is 0 Å². The summed E-state index contributed by atoms with van der Waals surface area (Å²) in [6, 6.07) is 6.57. The van der Waals surface area contributed by atoms with Gasteiger partial charge in [-0.1, -0.05) is 93.5 Å². The van der Waals surface area contributed by atoms with Gasteiger partial charge in [0.05, 0.1) is 41.5 Å². The fourth-order valence-electron chi connectivity index (χ4n) is 3.41. The third kappa shape index (κ3) is 12.0. The zero-order valence-corrected chi connectivity index (χ0v) is 30.4. The molecule has 3 N–H and O–H groups in total. The number of allylic oxidation sites excluding steroid dienone is 2. The third-order valence-corrected chi connectivity index (χ3v) is 8.43. The lowest BCUT2D eigenvalue weighted by atomic mass is 10.3. The van der Waals surface area contributed by atoms with Gasteiger partial charge in [-0.2, -0.15) is 26.3 Å². The summed E-state index contributed by atoms with van der Waals surface area (Å²) in [6.45, 7) is 6.97. The van der Waals surface area contributed by atoms with Gasteiger partial charge < -0.3 is 11.1 Å². The molecule has 4 aromatic rings. The van der Waals surface area contributed by atoms with Crippen molar-refractivity contribution in [3.63, 3.8) is 0 Å². The maximum Gasteiger partial charge on any atom is 0.433 e. The van der Waals surface area contributed by atoms with Crippen molar-refractivity contribution >= 4 is 98.7 Å². The summed E-state index contributed by atoms with van der Waals surface area (Å²) < 4.78 is 77.8. The Morgan fingerprint density at radius 1 is 0.720 bits per heavy atom. The molecule has 4 rings (SSSR count). The molecule has 50 heavy (non-hydrogen) atoms. The fraction of sp³-hybridized carbons (Fsp3) is 0.172. The van der Waals surface area contributed by atoms with Crippen molar-refractivity contribution in [1.82, 2.24) is 19.1 Å². The van der Waals surface area contributed by atoms with Crippen molar-refractivity contribution in [3.05, 3.63) is 124 Å². The van der Waals surface area contributed by atoms with Crippen molar-refractivity contribution in [2.75, 3.05) is 17.3 Å². The van der Waals surface area contributed by atoms with E-state index in [1.807, 2.05) is 0 Å². The van der Waals surface area contributed by atoms with Gasteiger partial charge in [0.1, 0.15) is 0 Å². The minimum absolute atomic E-state index is 0.0275. The highest BCUT2D eigenvalue weighted by Crippen LogP contribution is 2.35. The number of nitrogen functional groups attached to an aromatic ring is 1. The van der Waals surface area contributed by atoms with Crippen LogP contribution in [0.1, 0.15) is 11.4 Å². The Hall–Kier alpha value is -3.05. The van der Waals surface area contributed by atoms with E-state index < -0.39 is 34.9 Å². The monoisotopic (exact) mass is 842 g/mol. The largest absolute Gasteiger partial charge is 0.433 e. The molecule has 0 aliphatic carbocycles. The van der Waals surface area contributed by atoms with Crippen molar-refractivity contribution in [2.24, 2.45) is 0 Å². The first-order chi connectivity index (χ1) is 23.1. The van der Waals surface area contributed by atoms with Gasteiger partial charge in [-0.05, 0) is 30.5 Å². The molecule has 21 heteroatoms. The lowest BCUT2D eigenvalue weighted by molar-refractivity contribution is -0.142. The van der Waals surface area contributed by atoms with Gasteiger partial charge in [0.25, 0.3) is 11.1 Å². The van der Waals surface area contributed by atoms with Gasteiger partial charge in [0, 0.05) is 25.2 Å². The molecule has 0 bridgehead atoms. The molecular weight excluding hydrogens is 823 g/mol. The molecule has 0 radical (unpaired) electrons. The molecule has 0 saturated heterocycles. The molecule has 0 spiro atoms. The zero-order valence-electron chi connectivity index (χ0n) is 25.1. The minimum Gasteiger partial charge on any atom is -0.397 e. The molecule has 2 aromatic carbocycles. The Bertz CT molecular complexity index is 1940. The summed E-state index contributed by atoms with van der Waals surface area (Å²) >= 11 is 35.5.